The van der Waals surface area contributed by atoms with Crippen LogP contribution in [0.4, 0.5) is 5.82 Å². The first kappa shape index (κ1) is 22.8. The SMILES string of the molecule is Cc1cc(Oc2cccc(C#N)c2)ccc1-n1ncc(C(=O)c2cc3c(-c4cn[nH]c4)cccc3[nH]2)c1N. The summed E-state index contributed by atoms with van der Waals surface area (Å²) in [6.45, 7) is 1.91. The van der Waals surface area contributed by atoms with Crippen molar-refractivity contribution in [2.45, 2.75) is 6.92 Å². The van der Waals surface area contributed by atoms with Gasteiger partial charge in [-0.25, -0.2) is 4.68 Å². The van der Waals surface area contributed by atoms with Gasteiger partial charge in [0.05, 0.1) is 41.0 Å². The zero-order valence-electron chi connectivity index (χ0n) is 20.3. The number of ketones is 1. The first-order chi connectivity index (χ1) is 18.5. The molecule has 0 saturated carbocycles. The fourth-order valence-electron chi connectivity index (χ4n) is 4.49. The minimum Gasteiger partial charge on any atom is -0.457 e. The number of aryl methyl sites for hydroxylation is 1. The van der Waals surface area contributed by atoms with Crippen molar-refractivity contribution >= 4 is 22.5 Å². The Hall–Kier alpha value is -5.62. The van der Waals surface area contributed by atoms with E-state index in [1.54, 1.807) is 41.2 Å². The summed E-state index contributed by atoms with van der Waals surface area (Å²) in [5.41, 5.74) is 12.0. The third-order valence-electron chi connectivity index (χ3n) is 6.36. The van der Waals surface area contributed by atoms with Gasteiger partial charge in [-0.3, -0.25) is 9.89 Å². The number of aromatic nitrogens is 5. The molecule has 0 aliphatic rings. The molecule has 0 amide bonds. The van der Waals surface area contributed by atoms with Crippen molar-refractivity contribution in [1.82, 2.24) is 25.0 Å². The molecule has 3 aromatic carbocycles. The Morgan fingerprint density at radius 1 is 1.05 bits per heavy atom. The summed E-state index contributed by atoms with van der Waals surface area (Å²) in [4.78, 5) is 16.7. The molecule has 0 radical (unpaired) electrons. The van der Waals surface area contributed by atoms with E-state index < -0.39 is 0 Å². The van der Waals surface area contributed by atoms with Crippen LogP contribution >= 0.6 is 0 Å². The summed E-state index contributed by atoms with van der Waals surface area (Å²) < 4.78 is 7.46. The number of anilines is 1. The highest BCUT2D eigenvalue weighted by molar-refractivity contribution is 6.13. The number of nitrogen functional groups attached to an aromatic ring is 1. The summed E-state index contributed by atoms with van der Waals surface area (Å²) in [5, 5.41) is 21.3. The number of hydrogen-bond donors (Lipinski definition) is 3. The number of carbonyl (C=O) groups is 1. The third-order valence-corrected chi connectivity index (χ3v) is 6.36. The first-order valence-electron chi connectivity index (χ1n) is 11.8. The lowest BCUT2D eigenvalue weighted by Crippen LogP contribution is -2.08. The van der Waals surface area contributed by atoms with Crippen molar-refractivity contribution in [1.29, 1.82) is 5.26 Å². The summed E-state index contributed by atoms with van der Waals surface area (Å²) in [7, 11) is 0. The van der Waals surface area contributed by atoms with E-state index in [2.05, 4.69) is 26.3 Å². The highest BCUT2D eigenvalue weighted by Crippen LogP contribution is 2.31. The Morgan fingerprint density at radius 3 is 2.68 bits per heavy atom. The monoisotopic (exact) mass is 499 g/mol. The van der Waals surface area contributed by atoms with E-state index in [-0.39, 0.29) is 11.6 Å². The second-order valence-electron chi connectivity index (χ2n) is 8.81. The fourth-order valence-corrected chi connectivity index (χ4v) is 4.49. The number of H-pyrrole nitrogens is 2. The van der Waals surface area contributed by atoms with Crippen molar-refractivity contribution < 1.29 is 9.53 Å². The molecule has 9 nitrogen and oxygen atoms in total. The second kappa shape index (κ2) is 9.11. The van der Waals surface area contributed by atoms with Crippen LogP contribution in [-0.2, 0) is 0 Å². The zero-order chi connectivity index (χ0) is 26.2. The topological polar surface area (TPSA) is 138 Å². The largest absolute Gasteiger partial charge is 0.457 e. The van der Waals surface area contributed by atoms with E-state index in [4.69, 9.17) is 15.7 Å². The molecule has 0 spiro atoms. The molecule has 0 fully saturated rings. The minimum absolute atomic E-state index is 0.238. The number of nitrogens with one attached hydrogen (secondary N) is 2. The van der Waals surface area contributed by atoms with Crippen LogP contribution in [0.25, 0.3) is 27.7 Å². The van der Waals surface area contributed by atoms with Gasteiger partial charge in [-0.05, 0) is 66.6 Å². The maximum Gasteiger partial charge on any atom is 0.214 e. The Morgan fingerprint density at radius 2 is 1.89 bits per heavy atom. The number of fused-ring (bicyclic) bond motifs is 1. The number of benzene rings is 3. The van der Waals surface area contributed by atoms with Gasteiger partial charge in [-0.1, -0.05) is 18.2 Å². The number of aromatic amines is 2. The predicted octanol–water partition coefficient (Wildman–Crippen LogP) is 5.53. The van der Waals surface area contributed by atoms with Gasteiger partial charge in [0, 0.05) is 22.7 Å². The van der Waals surface area contributed by atoms with Crippen molar-refractivity contribution in [3.05, 3.63) is 108 Å². The minimum atomic E-state index is -0.252. The summed E-state index contributed by atoms with van der Waals surface area (Å²) in [6.07, 6.45) is 5.04. The molecule has 0 atom stereocenters. The van der Waals surface area contributed by atoms with Crippen LogP contribution in [0, 0.1) is 18.3 Å². The molecule has 0 saturated heterocycles. The molecular weight excluding hydrogens is 478 g/mol. The van der Waals surface area contributed by atoms with E-state index >= 15 is 0 Å². The number of ether oxygens (including phenoxy) is 1. The Labute approximate surface area is 217 Å². The molecule has 6 aromatic rings. The van der Waals surface area contributed by atoms with Crippen molar-refractivity contribution in [3.8, 4) is 34.4 Å². The van der Waals surface area contributed by atoms with Crippen LogP contribution in [0.3, 0.4) is 0 Å². The van der Waals surface area contributed by atoms with E-state index in [0.717, 1.165) is 33.3 Å². The van der Waals surface area contributed by atoms with E-state index in [0.29, 0.717) is 28.3 Å². The van der Waals surface area contributed by atoms with Gasteiger partial charge in [0.25, 0.3) is 0 Å². The molecular formula is C29H21N7O2. The van der Waals surface area contributed by atoms with Crippen molar-refractivity contribution in [2.75, 3.05) is 5.73 Å². The number of nitriles is 1. The lowest BCUT2D eigenvalue weighted by Gasteiger charge is -2.11. The highest BCUT2D eigenvalue weighted by Gasteiger charge is 2.21. The molecule has 0 aliphatic carbocycles. The lowest BCUT2D eigenvalue weighted by molar-refractivity contribution is 0.103. The number of hydrogen-bond acceptors (Lipinski definition) is 6. The van der Waals surface area contributed by atoms with E-state index in [1.165, 1.54) is 6.20 Å². The first-order valence-corrected chi connectivity index (χ1v) is 11.8. The number of nitrogens with two attached hydrogens (primary N) is 1. The molecule has 3 heterocycles. The number of carbonyl (C=O) groups excluding carboxylic acids is 1. The smallest absolute Gasteiger partial charge is 0.214 e. The van der Waals surface area contributed by atoms with Crippen molar-refractivity contribution in [2.24, 2.45) is 0 Å². The summed E-state index contributed by atoms with van der Waals surface area (Å²) in [5.74, 6) is 1.16. The Kier molecular flexibility index (Phi) is 5.47. The third kappa shape index (κ3) is 3.96. The molecule has 3 aromatic heterocycles. The van der Waals surface area contributed by atoms with Gasteiger partial charge in [-0.2, -0.15) is 15.5 Å². The summed E-state index contributed by atoms with van der Waals surface area (Å²) >= 11 is 0. The fraction of sp³-hybridized carbons (Fsp3) is 0.0345. The Bertz CT molecular complexity index is 1860. The van der Waals surface area contributed by atoms with Crippen LogP contribution in [0.1, 0.15) is 27.2 Å². The van der Waals surface area contributed by atoms with E-state index in [1.807, 2.05) is 49.5 Å². The molecule has 0 aliphatic heterocycles. The standard InChI is InChI=1S/C29H21N7O2/c1-17-10-21(38-20-5-2-4-18(11-20)13-30)8-9-27(17)36-29(31)24(16-34-36)28(37)26-12-23-22(19-14-32-33-15-19)6-3-7-25(23)35-26/h2-12,14-16,35H,31H2,1H3,(H,32,33). The van der Waals surface area contributed by atoms with E-state index in [9.17, 15) is 4.79 Å². The molecule has 6 rings (SSSR count). The Balaban J connectivity index is 1.29. The lowest BCUT2D eigenvalue weighted by atomic mass is 10.0. The normalized spacial score (nSPS) is 10.9. The van der Waals surface area contributed by atoms with Gasteiger partial charge in [-0.15, -0.1) is 0 Å². The molecule has 9 heteroatoms. The molecule has 38 heavy (non-hydrogen) atoms. The number of rotatable bonds is 6. The van der Waals surface area contributed by atoms with Gasteiger partial charge in [0.2, 0.25) is 5.78 Å². The van der Waals surface area contributed by atoms with Crippen LogP contribution in [0.15, 0.2) is 85.3 Å². The average molecular weight is 500 g/mol. The maximum absolute atomic E-state index is 13.4. The molecule has 0 bridgehead atoms. The molecule has 184 valence electrons. The number of nitrogens with zero attached hydrogens (tertiary/aromatic N) is 4. The average Bonchev–Trinajstić information content (AvgIpc) is 3.69. The van der Waals surface area contributed by atoms with Gasteiger partial charge in [0.15, 0.2) is 0 Å². The molecule has 4 N–H and O–H groups in total. The van der Waals surface area contributed by atoms with Crippen LogP contribution < -0.4 is 10.5 Å². The second-order valence-corrected chi connectivity index (χ2v) is 8.81. The van der Waals surface area contributed by atoms with Crippen LogP contribution in [0.5, 0.6) is 11.5 Å². The maximum atomic E-state index is 13.4. The molecule has 0 unspecified atom stereocenters. The van der Waals surface area contributed by atoms with Gasteiger partial charge in [0.1, 0.15) is 17.3 Å². The van der Waals surface area contributed by atoms with Crippen LogP contribution in [0.2, 0.25) is 0 Å². The van der Waals surface area contributed by atoms with Gasteiger partial charge >= 0.3 is 0 Å². The van der Waals surface area contributed by atoms with Crippen molar-refractivity contribution in [3.63, 3.8) is 0 Å². The van der Waals surface area contributed by atoms with Crippen LogP contribution in [-0.4, -0.2) is 30.7 Å². The zero-order valence-corrected chi connectivity index (χ0v) is 20.3. The predicted molar refractivity (Wildman–Crippen MR) is 143 cm³/mol. The summed E-state index contributed by atoms with van der Waals surface area (Å²) in [6, 6.07) is 22.2. The quantitative estimate of drug-likeness (QED) is 0.258. The highest BCUT2D eigenvalue weighted by atomic mass is 16.5. The van der Waals surface area contributed by atoms with Gasteiger partial charge < -0.3 is 15.5 Å².